The molecule has 1 aromatic heterocycles. The van der Waals surface area contributed by atoms with E-state index in [0.717, 1.165) is 50.9 Å². The molecule has 0 amide bonds. The first-order valence-electron chi connectivity index (χ1n) is 7.50. The summed E-state index contributed by atoms with van der Waals surface area (Å²) in [6.07, 6.45) is 5.07. The Kier molecular flexibility index (Phi) is 3.48. The lowest BCUT2D eigenvalue weighted by Crippen LogP contribution is -2.26. The van der Waals surface area contributed by atoms with E-state index in [1.165, 1.54) is 11.4 Å². The molecule has 0 N–H and O–H groups in total. The first-order valence-corrected chi connectivity index (χ1v) is 7.50. The van der Waals surface area contributed by atoms with Crippen LogP contribution < -0.4 is 0 Å². The monoisotopic (exact) mass is 261 g/mol. The molecular weight excluding hydrogens is 238 g/mol. The number of aryl methyl sites for hydroxylation is 1. The molecule has 2 aliphatic rings. The zero-order chi connectivity index (χ0) is 13.4. The average Bonchev–Trinajstić information content (AvgIpc) is 2.77. The Morgan fingerprint density at radius 3 is 2.79 bits per heavy atom. The van der Waals surface area contributed by atoms with Crippen LogP contribution in [0, 0.1) is 12.8 Å². The second-order valence-corrected chi connectivity index (χ2v) is 5.98. The topological polar surface area (TPSA) is 31.2 Å². The van der Waals surface area contributed by atoms with Gasteiger partial charge >= 0.3 is 0 Å². The highest BCUT2D eigenvalue weighted by atomic mass is 16.5. The fourth-order valence-electron chi connectivity index (χ4n) is 3.73. The van der Waals surface area contributed by atoms with Crippen LogP contribution in [0.3, 0.4) is 0 Å². The number of fused-ring (bicyclic) bond motifs is 1. The van der Waals surface area contributed by atoms with E-state index in [4.69, 9.17) is 4.74 Å². The van der Waals surface area contributed by atoms with Gasteiger partial charge < -0.3 is 9.30 Å². The van der Waals surface area contributed by atoms with Gasteiger partial charge in [-0.2, -0.15) is 0 Å². The third-order valence-electron chi connectivity index (χ3n) is 4.81. The van der Waals surface area contributed by atoms with Crippen molar-refractivity contribution >= 4 is 5.78 Å². The highest BCUT2D eigenvalue weighted by Gasteiger charge is 2.28. The first kappa shape index (κ1) is 12.9. The molecule has 0 aromatic carbocycles. The van der Waals surface area contributed by atoms with Crippen LogP contribution in [0.15, 0.2) is 6.07 Å². The molecule has 1 fully saturated rings. The number of ether oxygens (including phenoxy) is 1. The molecule has 0 saturated carbocycles. The molecule has 104 valence electrons. The van der Waals surface area contributed by atoms with Crippen LogP contribution in [-0.2, 0) is 11.2 Å². The van der Waals surface area contributed by atoms with Gasteiger partial charge in [-0.1, -0.05) is 0 Å². The Morgan fingerprint density at radius 2 is 2.05 bits per heavy atom. The number of ketones is 1. The Labute approximate surface area is 114 Å². The van der Waals surface area contributed by atoms with Crippen LogP contribution >= 0.6 is 0 Å². The van der Waals surface area contributed by atoms with Gasteiger partial charge in [-0.05, 0) is 51.5 Å². The van der Waals surface area contributed by atoms with Gasteiger partial charge in [0.15, 0.2) is 5.78 Å². The second kappa shape index (κ2) is 5.12. The number of hydrogen-bond donors (Lipinski definition) is 0. The van der Waals surface area contributed by atoms with E-state index in [1.807, 2.05) is 0 Å². The summed E-state index contributed by atoms with van der Waals surface area (Å²) in [5, 5.41) is 0. The van der Waals surface area contributed by atoms with Crippen LogP contribution in [0.25, 0.3) is 0 Å². The van der Waals surface area contributed by atoms with Crippen LogP contribution in [0.5, 0.6) is 0 Å². The molecule has 3 nitrogen and oxygen atoms in total. The molecule has 0 radical (unpaired) electrons. The fraction of sp³-hybridized carbons (Fsp3) is 0.688. The van der Waals surface area contributed by atoms with Gasteiger partial charge in [0.05, 0.1) is 0 Å². The number of aromatic nitrogens is 1. The summed E-state index contributed by atoms with van der Waals surface area (Å²) in [6.45, 7) is 6.22. The maximum atomic E-state index is 12.0. The SMILES string of the molecule is Cc1cc2c(n1C(C)C1CCOCC1)CCCC2=O. The normalized spacial score (nSPS) is 22.3. The van der Waals surface area contributed by atoms with Crippen molar-refractivity contribution in [3.63, 3.8) is 0 Å². The molecular formula is C16H23NO2. The lowest BCUT2D eigenvalue weighted by atomic mass is 9.91. The number of carbonyl (C=O) groups excluding carboxylic acids is 1. The number of carbonyl (C=O) groups is 1. The zero-order valence-electron chi connectivity index (χ0n) is 11.9. The van der Waals surface area contributed by atoms with Crippen molar-refractivity contribution in [2.45, 2.75) is 52.0 Å². The van der Waals surface area contributed by atoms with Gasteiger partial charge in [0.25, 0.3) is 0 Å². The summed E-state index contributed by atoms with van der Waals surface area (Å²) in [4.78, 5) is 12.0. The highest BCUT2D eigenvalue weighted by molar-refractivity contribution is 5.98. The molecule has 3 heteroatoms. The van der Waals surface area contributed by atoms with E-state index < -0.39 is 0 Å². The van der Waals surface area contributed by atoms with Crippen LogP contribution in [0.2, 0.25) is 0 Å². The third kappa shape index (κ3) is 2.25. The molecule has 0 bridgehead atoms. The van der Waals surface area contributed by atoms with Crippen molar-refractivity contribution in [3.8, 4) is 0 Å². The van der Waals surface area contributed by atoms with E-state index in [1.54, 1.807) is 0 Å². The largest absolute Gasteiger partial charge is 0.381 e. The maximum absolute atomic E-state index is 12.0. The average molecular weight is 261 g/mol. The molecule has 0 spiro atoms. The third-order valence-corrected chi connectivity index (χ3v) is 4.81. The molecule has 3 rings (SSSR count). The predicted molar refractivity (Wildman–Crippen MR) is 74.7 cm³/mol. The Morgan fingerprint density at radius 1 is 1.32 bits per heavy atom. The molecule has 1 aliphatic carbocycles. The van der Waals surface area contributed by atoms with E-state index in [9.17, 15) is 4.79 Å². The second-order valence-electron chi connectivity index (χ2n) is 5.98. The minimum atomic E-state index is 0.335. The minimum absolute atomic E-state index is 0.335. The first-order chi connectivity index (χ1) is 9.18. The summed E-state index contributed by atoms with van der Waals surface area (Å²) in [7, 11) is 0. The van der Waals surface area contributed by atoms with E-state index >= 15 is 0 Å². The Bertz CT molecular complexity index is 483. The zero-order valence-corrected chi connectivity index (χ0v) is 11.9. The Hall–Kier alpha value is -1.09. The highest BCUT2D eigenvalue weighted by Crippen LogP contribution is 2.34. The molecule has 19 heavy (non-hydrogen) atoms. The smallest absolute Gasteiger partial charge is 0.164 e. The summed E-state index contributed by atoms with van der Waals surface area (Å²) in [5.41, 5.74) is 3.52. The fourth-order valence-corrected chi connectivity index (χ4v) is 3.73. The summed E-state index contributed by atoms with van der Waals surface area (Å²) in [5.74, 6) is 1.02. The van der Waals surface area contributed by atoms with Gasteiger partial charge in [-0.15, -0.1) is 0 Å². The standard InChI is InChI=1S/C16H23NO2/c1-11-10-14-15(4-3-5-16(14)18)17(11)12(2)13-6-8-19-9-7-13/h10,12-13H,3-9H2,1-2H3. The molecule has 1 aliphatic heterocycles. The molecule has 2 heterocycles. The van der Waals surface area contributed by atoms with Crippen LogP contribution in [0.4, 0.5) is 0 Å². The quantitative estimate of drug-likeness (QED) is 0.818. The molecule has 1 saturated heterocycles. The van der Waals surface area contributed by atoms with Crippen LogP contribution in [-0.4, -0.2) is 23.6 Å². The van der Waals surface area contributed by atoms with Gasteiger partial charge in [-0.3, -0.25) is 4.79 Å². The van der Waals surface area contributed by atoms with Crippen molar-refractivity contribution in [2.24, 2.45) is 5.92 Å². The van der Waals surface area contributed by atoms with Crippen LogP contribution in [0.1, 0.15) is 60.4 Å². The van der Waals surface area contributed by atoms with E-state index in [-0.39, 0.29) is 0 Å². The van der Waals surface area contributed by atoms with Gasteiger partial charge in [0.2, 0.25) is 0 Å². The molecule has 1 aromatic rings. The van der Waals surface area contributed by atoms with E-state index in [2.05, 4.69) is 24.5 Å². The molecule has 1 atom stereocenters. The van der Waals surface area contributed by atoms with Crippen molar-refractivity contribution in [1.82, 2.24) is 4.57 Å². The number of nitrogens with zero attached hydrogens (tertiary/aromatic N) is 1. The number of hydrogen-bond acceptors (Lipinski definition) is 2. The number of Topliss-reactive ketones (excluding diaryl/α,β-unsaturated/α-hetero) is 1. The summed E-state index contributed by atoms with van der Waals surface area (Å²) in [6, 6.07) is 2.59. The lowest BCUT2D eigenvalue weighted by Gasteiger charge is -2.31. The van der Waals surface area contributed by atoms with E-state index in [0.29, 0.717) is 17.7 Å². The predicted octanol–water partition coefficient (Wildman–Crippen LogP) is 3.30. The van der Waals surface area contributed by atoms with Crippen molar-refractivity contribution in [1.29, 1.82) is 0 Å². The number of rotatable bonds is 2. The van der Waals surface area contributed by atoms with Crippen molar-refractivity contribution in [2.75, 3.05) is 13.2 Å². The van der Waals surface area contributed by atoms with Gasteiger partial charge in [-0.25, -0.2) is 0 Å². The molecule has 1 unspecified atom stereocenters. The van der Waals surface area contributed by atoms with Crippen molar-refractivity contribution in [3.05, 3.63) is 23.0 Å². The summed E-state index contributed by atoms with van der Waals surface area (Å²) >= 11 is 0. The van der Waals surface area contributed by atoms with Gasteiger partial charge in [0.1, 0.15) is 0 Å². The van der Waals surface area contributed by atoms with Crippen molar-refractivity contribution < 1.29 is 9.53 Å². The maximum Gasteiger partial charge on any atom is 0.164 e. The summed E-state index contributed by atoms with van der Waals surface area (Å²) < 4.78 is 7.90. The lowest BCUT2D eigenvalue weighted by molar-refractivity contribution is 0.0506. The van der Waals surface area contributed by atoms with Gasteiger partial charge in [0, 0.05) is 42.6 Å². The Balaban J connectivity index is 1.93. The minimum Gasteiger partial charge on any atom is -0.381 e.